The highest BCUT2D eigenvalue weighted by molar-refractivity contribution is 8.01. The minimum Gasteiger partial charge on any atom is -0.459 e. The van der Waals surface area contributed by atoms with Gasteiger partial charge in [-0.15, -0.1) is 11.8 Å². The molecule has 0 radical (unpaired) electrons. The number of hydrogen-bond donors (Lipinski definition) is 2. The van der Waals surface area contributed by atoms with E-state index in [1.807, 2.05) is 13.8 Å². The number of carbonyl (C=O) groups excluding carboxylic acids is 2. The maximum atomic E-state index is 12.1. The summed E-state index contributed by atoms with van der Waals surface area (Å²) < 4.78 is 9.69. The number of hydrogen-bond acceptors (Lipinski definition) is 7. The van der Waals surface area contributed by atoms with E-state index in [0.717, 1.165) is 0 Å². The third-order valence-electron chi connectivity index (χ3n) is 3.40. The number of furan rings is 1. The highest BCUT2D eigenvalue weighted by atomic mass is 32.2. The van der Waals surface area contributed by atoms with Gasteiger partial charge in [-0.1, -0.05) is 5.16 Å². The standard InChI is InChI=1S/C14H16N4O4S/c1-14(2)13(20)16-8(7-23-14)11(19)15-6-10-17-12(22-18-10)9-4-3-5-21-9/h3-5,8H,6-7H2,1-2H3,(H,15,19)(H,16,20)/t8-/m0/s1. The lowest BCUT2D eigenvalue weighted by molar-refractivity contribution is -0.129. The van der Waals surface area contributed by atoms with Gasteiger partial charge in [0.1, 0.15) is 6.04 Å². The van der Waals surface area contributed by atoms with Crippen LogP contribution < -0.4 is 10.6 Å². The Bertz CT molecular complexity index is 710. The summed E-state index contributed by atoms with van der Waals surface area (Å²) in [5.74, 6) is 1.16. The van der Waals surface area contributed by atoms with Crippen LogP contribution in [0.2, 0.25) is 0 Å². The van der Waals surface area contributed by atoms with Gasteiger partial charge < -0.3 is 19.6 Å². The molecule has 0 bridgehead atoms. The van der Waals surface area contributed by atoms with Crippen molar-refractivity contribution < 1.29 is 18.5 Å². The molecule has 0 aromatic carbocycles. The van der Waals surface area contributed by atoms with Crippen molar-refractivity contribution in [2.24, 2.45) is 0 Å². The minimum atomic E-state index is -0.558. The van der Waals surface area contributed by atoms with Crippen molar-refractivity contribution in [3.63, 3.8) is 0 Å². The molecule has 0 unspecified atom stereocenters. The first-order chi connectivity index (χ1) is 11.0. The SMILES string of the molecule is CC1(C)SC[C@@H](C(=O)NCc2noc(-c3ccco3)n2)NC1=O. The molecule has 1 fully saturated rings. The number of aromatic nitrogens is 2. The Morgan fingerprint density at radius 2 is 2.39 bits per heavy atom. The van der Waals surface area contributed by atoms with E-state index in [2.05, 4.69) is 20.8 Å². The lowest BCUT2D eigenvalue weighted by atomic mass is 10.1. The molecule has 9 heteroatoms. The van der Waals surface area contributed by atoms with Gasteiger partial charge in [-0.05, 0) is 26.0 Å². The first-order valence-corrected chi connectivity index (χ1v) is 8.03. The van der Waals surface area contributed by atoms with E-state index in [1.54, 1.807) is 12.1 Å². The van der Waals surface area contributed by atoms with E-state index in [1.165, 1.54) is 18.0 Å². The molecule has 1 atom stereocenters. The number of amides is 2. The molecule has 23 heavy (non-hydrogen) atoms. The number of nitrogens with zero attached hydrogens (tertiary/aromatic N) is 2. The van der Waals surface area contributed by atoms with E-state index in [-0.39, 0.29) is 24.2 Å². The van der Waals surface area contributed by atoms with Gasteiger partial charge in [-0.25, -0.2) is 0 Å². The Morgan fingerprint density at radius 3 is 3.09 bits per heavy atom. The van der Waals surface area contributed by atoms with Crippen molar-refractivity contribution in [1.29, 1.82) is 0 Å². The fourth-order valence-corrected chi connectivity index (χ4v) is 3.00. The van der Waals surface area contributed by atoms with E-state index in [4.69, 9.17) is 8.94 Å². The Balaban J connectivity index is 1.55. The van der Waals surface area contributed by atoms with Gasteiger partial charge in [0, 0.05) is 5.75 Å². The smallest absolute Gasteiger partial charge is 0.293 e. The van der Waals surface area contributed by atoms with Crippen LogP contribution in [-0.4, -0.2) is 38.5 Å². The highest BCUT2D eigenvalue weighted by Gasteiger charge is 2.37. The fourth-order valence-electron chi connectivity index (χ4n) is 1.99. The maximum Gasteiger partial charge on any atom is 0.293 e. The van der Waals surface area contributed by atoms with Crippen LogP contribution in [-0.2, 0) is 16.1 Å². The normalized spacial score (nSPS) is 20.1. The average molecular weight is 336 g/mol. The molecule has 2 aromatic rings. The Kier molecular flexibility index (Phi) is 4.12. The molecule has 3 heterocycles. The van der Waals surface area contributed by atoms with Gasteiger partial charge in [0.15, 0.2) is 11.6 Å². The van der Waals surface area contributed by atoms with Crippen molar-refractivity contribution in [2.45, 2.75) is 31.2 Å². The van der Waals surface area contributed by atoms with Gasteiger partial charge in [0.25, 0.3) is 5.89 Å². The van der Waals surface area contributed by atoms with Crippen molar-refractivity contribution in [2.75, 3.05) is 5.75 Å². The van der Waals surface area contributed by atoms with Crippen molar-refractivity contribution in [1.82, 2.24) is 20.8 Å². The van der Waals surface area contributed by atoms with Crippen molar-refractivity contribution >= 4 is 23.6 Å². The summed E-state index contributed by atoms with van der Waals surface area (Å²) in [6, 6.07) is 2.86. The van der Waals surface area contributed by atoms with Crippen LogP contribution >= 0.6 is 11.8 Å². The molecule has 2 aromatic heterocycles. The number of rotatable bonds is 4. The van der Waals surface area contributed by atoms with E-state index >= 15 is 0 Å². The first-order valence-electron chi connectivity index (χ1n) is 7.05. The molecule has 3 rings (SSSR count). The molecule has 2 amide bonds. The zero-order chi connectivity index (χ0) is 16.4. The third-order valence-corrected chi connectivity index (χ3v) is 4.81. The van der Waals surface area contributed by atoms with Crippen LogP contribution in [0.15, 0.2) is 27.3 Å². The largest absolute Gasteiger partial charge is 0.459 e. The summed E-state index contributed by atoms with van der Waals surface area (Å²) in [7, 11) is 0. The van der Waals surface area contributed by atoms with Gasteiger partial charge in [-0.2, -0.15) is 4.98 Å². The molecule has 0 aliphatic carbocycles. The number of thioether (sulfide) groups is 1. The van der Waals surface area contributed by atoms with E-state index in [9.17, 15) is 9.59 Å². The van der Waals surface area contributed by atoms with Gasteiger partial charge >= 0.3 is 0 Å². The molecule has 0 spiro atoms. The zero-order valence-electron chi connectivity index (χ0n) is 12.7. The quantitative estimate of drug-likeness (QED) is 0.855. The summed E-state index contributed by atoms with van der Waals surface area (Å²) in [5, 5.41) is 9.19. The monoisotopic (exact) mass is 336 g/mol. The van der Waals surface area contributed by atoms with Crippen LogP contribution in [0.3, 0.4) is 0 Å². The second-order valence-corrected chi connectivity index (χ2v) is 7.20. The van der Waals surface area contributed by atoms with Crippen LogP contribution in [0.25, 0.3) is 11.7 Å². The van der Waals surface area contributed by atoms with Crippen LogP contribution in [0.4, 0.5) is 0 Å². The number of nitrogens with one attached hydrogen (secondary N) is 2. The minimum absolute atomic E-state index is 0.115. The lowest BCUT2D eigenvalue weighted by Gasteiger charge is -2.32. The van der Waals surface area contributed by atoms with E-state index in [0.29, 0.717) is 17.3 Å². The average Bonchev–Trinajstić information content (AvgIpc) is 3.18. The molecule has 1 aliphatic heterocycles. The third kappa shape index (κ3) is 3.39. The van der Waals surface area contributed by atoms with Crippen LogP contribution in [0.5, 0.6) is 0 Å². The van der Waals surface area contributed by atoms with Crippen LogP contribution in [0.1, 0.15) is 19.7 Å². The van der Waals surface area contributed by atoms with E-state index < -0.39 is 10.8 Å². The summed E-state index contributed by atoms with van der Waals surface area (Å²) >= 11 is 1.45. The van der Waals surface area contributed by atoms with Gasteiger partial charge in [0.05, 0.1) is 17.6 Å². The van der Waals surface area contributed by atoms with Crippen molar-refractivity contribution in [3.8, 4) is 11.7 Å². The molecular formula is C14H16N4O4S. The molecule has 1 saturated heterocycles. The Hall–Kier alpha value is -2.29. The molecule has 2 N–H and O–H groups in total. The lowest BCUT2D eigenvalue weighted by Crippen LogP contribution is -2.57. The number of carbonyl (C=O) groups is 2. The Morgan fingerprint density at radius 1 is 1.57 bits per heavy atom. The Labute approximate surface area is 136 Å². The van der Waals surface area contributed by atoms with Crippen molar-refractivity contribution in [3.05, 3.63) is 24.2 Å². The molecule has 0 saturated carbocycles. The van der Waals surface area contributed by atoms with Crippen LogP contribution in [0, 0.1) is 0 Å². The second kappa shape index (κ2) is 6.07. The predicted octanol–water partition coefficient (Wildman–Crippen LogP) is 0.956. The maximum absolute atomic E-state index is 12.1. The molecule has 1 aliphatic rings. The summed E-state index contributed by atoms with van der Waals surface area (Å²) in [6.07, 6.45) is 1.51. The first kappa shape index (κ1) is 15.6. The zero-order valence-corrected chi connectivity index (χ0v) is 13.5. The summed E-state index contributed by atoms with van der Waals surface area (Å²) in [4.78, 5) is 28.1. The molecular weight excluding hydrogens is 320 g/mol. The highest BCUT2D eigenvalue weighted by Crippen LogP contribution is 2.29. The summed E-state index contributed by atoms with van der Waals surface area (Å²) in [5.41, 5.74) is 0. The predicted molar refractivity (Wildman–Crippen MR) is 82.3 cm³/mol. The topological polar surface area (TPSA) is 110 Å². The summed E-state index contributed by atoms with van der Waals surface area (Å²) in [6.45, 7) is 3.77. The second-order valence-electron chi connectivity index (χ2n) is 5.56. The van der Waals surface area contributed by atoms with Gasteiger partial charge in [0.2, 0.25) is 11.8 Å². The fraction of sp³-hybridized carbons (Fsp3) is 0.429. The molecule has 122 valence electrons. The molecule has 8 nitrogen and oxygen atoms in total. The van der Waals surface area contributed by atoms with Gasteiger partial charge in [-0.3, -0.25) is 9.59 Å².